The van der Waals surface area contributed by atoms with Crippen molar-refractivity contribution >= 4 is 17.3 Å². The first-order valence-corrected chi connectivity index (χ1v) is 6.43. The van der Waals surface area contributed by atoms with Crippen LogP contribution < -0.4 is 11.1 Å². The Bertz CT molecular complexity index is 603. The van der Waals surface area contributed by atoms with E-state index in [2.05, 4.69) is 5.32 Å². The van der Waals surface area contributed by atoms with Crippen molar-refractivity contribution in [1.29, 1.82) is 0 Å². The molecule has 0 heterocycles. The van der Waals surface area contributed by atoms with Crippen LogP contribution in [0.2, 0.25) is 0 Å². The molecule has 0 unspecified atom stereocenters. The second kappa shape index (κ2) is 4.43. The van der Waals surface area contributed by atoms with Gasteiger partial charge in [-0.2, -0.15) is 0 Å². The Hall–Kier alpha value is -2.29. The van der Waals surface area contributed by atoms with Gasteiger partial charge in [0.05, 0.1) is 5.41 Å². The smallest absolute Gasteiger partial charge is 0.235 e. The Balaban J connectivity index is 1.82. The number of hydrogen-bond donors (Lipinski definition) is 2. The van der Waals surface area contributed by atoms with Crippen LogP contribution in [0.1, 0.15) is 18.4 Å². The van der Waals surface area contributed by atoms with Crippen LogP contribution in [0.5, 0.6) is 0 Å². The largest absolute Gasteiger partial charge is 0.399 e. The number of anilines is 2. The lowest BCUT2D eigenvalue weighted by Gasteiger charge is -2.15. The van der Waals surface area contributed by atoms with Crippen LogP contribution in [0, 0.1) is 0 Å². The van der Waals surface area contributed by atoms with Gasteiger partial charge in [0.1, 0.15) is 0 Å². The molecule has 2 aromatic carbocycles. The van der Waals surface area contributed by atoms with E-state index in [1.165, 1.54) is 0 Å². The Labute approximate surface area is 112 Å². The Kier molecular flexibility index (Phi) is 2.75. The molecular formula is C16H16N2O. The van der Waals surface area contributed by atoms with E-state index in [1.807, 2.05) is 42.5 Å². The van der Waals surface area contributed by atoms with Crippen molar-refractivity contribution in [1.82, 2.24) is 0 Å². The maximum atomic E-state index is 12.5. The lowest BCUT2D eigenvalue weighted by Crippen LogP contribution is -2.27. The molecule has 3 nitrogen and oxygen atoms in total. The number of hydrogen-bond acceptors (Lipinski definition) is 2. The van der Waals surface area contributed by atoms with E-state index in [9.17, 15) is 4.79 Å². The molecule has 1 aliphatic rings. The summed E-state index contributed by atoms with van der Waals surface area (Å²) >= 11 is 0. The minimum absolute atomic E-state index is 0.0595. The number of carbonyl (C=O) groups is 1. The third-order valence-electron chi connectivity index (χ3n) is 3.66. The molecule has 19 heavy (non-hydrogen) atoms. The van der Waals surface area contributed by atoms with Gasteiger partial charge in [0.2, 0.25) is 5.91 Å². The van der Waals surface area contributed by atoms with Crippen LogP contribution in [0.25, 0.3) is 0 Å². The first kappa shape index (κ1) is 11.8. The molecule has 0 saturated heterocycles. The number of nitrogen functional groups attached to an aromatic ring is 1. The zero-order chi connectivity index (χ0) is 13.3. The second-order valence-electron chi connectivity index (χ2n) is 5.03. The molecule has 1 saturated carbocycles. The van der Waals surface area contributed by atoms with Crippen molar-refractivity contribution in [2.24, 2.45) is 0 Å². The summed E-state index contributed by atoms with van der Waals surface area (Å²) < 4.78 is 0. The highest BCUT2D eigenvalue weighted by Crippen LogP contribution is 2.48. The van der Waals surface area contributed by atoms with E-state index in [1.54, 1.807) is 12.1 Å². The number of nitrogens with one attached hydrogen (secondary N) is 1. The molecule has 3 N–H and O–H groups in total. The van der Waals surface area contributed by atoms with E-state index in [-0.39, 0.29) is 11.3 Å². The molecule has 0 radical (unpaired) electrons. The van der Waals surface area contributed by atoms with Crippen LogP contribution in [0.3, 0.4) is 0 Å². The molecule has 1 fully saturated rings. The van der Waals surface area contributed by atoms with E-state index in [0.29, 0.717) is 5.69 Å². The number of nitrogens with two attached hydrogens (primary N) is 1. The summed E-state index contributed by atoms with van der Waals surface area (Å²) in [4.78, 5) is 12.5. The summed E-state index contributed by atoms with van der Waals surface area (Å²) in [7, 11) is 0. The topological polar surface area (TPSA) is 55.1 Å². The fraction of sp³-hybridized carbons (Fsp3) is 0.188. The summed E-state index contributed by atoms with van der Waals surface area (Å²) in [5, 5.41) is 2.97. The van der Waals surface area contributed by atoms with Crippen LogP contribution in [0.4, 0.5) is 11.4 Å². The average Bonchev–Trinajstić information content (AvgIpc) is 3.21. The first-order valence-electron chi connectivity index (χ1n) is 6.43. The molecule has 96 valence electrons. The fourth-order valence-electron chi connectivity index (χ4n) is 2.40. The van der Waals surface area contributed by atoms with Crippen molar-refractivity contribution in [2.45, 2.75) is 18.3 Å². The molecule has 3 rings (SSSR count). The zero-order valence-corrected chi connectivity index (χ0v) is 10.6. The quantitative estimate of drug-likeness (QED) is 0.825. The Morgan fingerprint density at radius 1 is 1.05 bits per heavy atom. The summed E-state index contributed by atoms with van der Waals surface area (Å²) in [6.07, 6.45) is 1.82. The SMILES string of the molecule is Nc1cccc(NC(=O)C2(c3ccccc3)CC2)c1. The normalized spacial score (nSPS) is 15.8. The molecular weight excluding hydrogens is 236 g/mol. The van der Waals surface area contributed by atoms with Crippen LogP contribution in [-0.4, -0.2) is 5.91 Å². The Morgan fingerprint density at radius 3 is 2.42 bits per heavy atom. The highest BCUT2D eigenvalue weighted by atomic mass is 16.2. The lowest BCUT2D eigenvalue weighted by atomic mass is 9.95. The number of amides is 1. The minimum Gasteiger partial charge on any atom is -0.399 e. The third-order valence-corrected chi connectivity index (χ3v) is 3.66. The van der Waals surface area contributed by atoms with Crippen LogP contribution in [0.15, 0.2) is 54.6 Å². The maximum absolute atomic E-state index is 12.5. The van der Waals surface area contributed by atoms with Crippen molar-refractivity contribution < 1.29 is 4.79 Å². The lowest BCUT2D eigenvalue weighted by molar-refractivity contribution is -0.118. The van der Waals surface area contributed by atoms with E-state index in [4.69, 9.17) is 5.73 Å². The monoisotopic (exact) mass is 252 g/mol. The predicted octanol–water partition coefficient (Wildman–Crippen LogP) is 2.94. The van der Waals surface area contributed by atoms with Gasteiger partial charge in [-0.25, -0.2) is 0 Å². The standard InChI is InChI=1S/C16H16N2O/c17-13-7-4-8-14(11-13)18-15(19)16(9-10-16)12-5-2-1-3-6-12/h1-8,11H,9-10,17H2,(H,18,19). The van der Waals surface area contributed by atoms with E-state index in [0.717, 1.165) is 24.1 Å². The molecule has 0 aliphatic heterocycles. The summed E-state index contributed by atoms with van der Waals surface area (Å²) in [5.41, 5.74) is 7.88. The zero-order valence-electron chi connectivity index (χ0n) is 10.6. The molecule has 0 atom stereocenters. The van der Waals surface area contributed by atoms with E-state index < -0.39 is 0 Å². The van der Waals surface area contributed by atoms with Gasteiger partial charge in [0.15, 0.2) is 0 Å². The molecule has 1 aliphatic carbocycles. The number of rotatable bonds is 3. The average molecular weight is 252 g/mol. The van der Waals surface area contributed by atoms with Crippen molar-refractivity contribution in [3.63, 3.8) is 0 Å². The molecule has 0 bridgehead atoms. The Morgan fingerprint density at radius 2 is 1.79 bits per heavy atom. The fourth-order valence-corrected chi connectivity index (χ4v) is 2.40. The van der Waals surface area contributed by atoms with Gasteiger partial charge in [0, 0.05) is 11.4 Å². The molecule has 2 aromatic rings. The van der Waals surface area contributed by atoms with Crippen molar-refractivity contribution in [2.75, 3.05) is 11.1 Å². The van der Waals surface area contributed by atoms with Gasteiger partial charge in [-0.1, -0.05) is 36.4 Å². The van der Waals surface area contributed by atoms with Gasteiger partial charge in [-0.05, 0) is 36.6 Å². The van der Waals surface area contributed by atoms with Gasteiger partial charge < -0.3 is 11.1 Å². The molecule has 0 spiro atoms. The van der Waals surface area contributed by atoms with Crippen LogP contribution in [-0.2, 0) is 10.2 Å². The first-order chi connectivity index (χ1) is 9.21. The van der Waals surface area contributed by atoms with Gasteiger partial charge in [-0.3, -0.25) is 4.79 Å². The molecule has 1 amide bonds. The summed E-state index contributed by atoms with van der Waals surface area (Å²) in [5.74, 6) is 0.0595. The highest BCUT2D eigenvalue weighted by molar-refractivity contribution is 6.01. The number of carbonyl (C=O) groups excluding carboxylic acids is 1. The van der Waals surface area contributed by atoms with Crippen LogP contribution >= 0.6 is 0 Å². The third kappa shape index (κ3) is 2.19. The van der Waals surface area contributed by atoms with Gasteiger partial charge >= 0.3 is 0 Å². The second-order valence-corrected chi connectivity index (χ2v) is 5.03. The summed E-state index contributed by atoms with van der Waals surface area (Å²) in [6, 6.07) is 17.2. The predicted molar refractivity (Wildman–Crippen MR) is 76.8 cm³/mol. The maximum Gasteiger partial charge on any atom is 0.235 e. The number of benzene rings is 2. The summed E-state index contributed by atoms with van der Waals surface area (Å²) in [6.45, 7) is 0. The minimum atomic E-state index is -0.341. The van der Waals surface area contributed by atoms with Crippen molar-refractivity contribution in [3.8, 4) is 0 Å². The van der Waals surface area contributed by atoms with Gasteiger partial charge in [-0.15, -0.1) is 0 Å². The van der Waals surface area contributed by atoms with E-state index >= 15 is 0 Å². The van der Waals surface area contributed by atoms with Gasteiger partial charge in [0.25, 0.3) is 0 Å². The molecule has 3 heteroatoms. The van der Waals surface area contributed by atoms with Crippen molar-refractivity contribution in [3.05, 3.63) is 60.2 Å². The molecule has 0 aromatic heterocycles. The highest BCUT2D eigenvalue weighted by Gasteiger charge is 2.51.